The van der Waals surface area contributed by atoms with E-state index in [9.17, 15) is 29.5 Å². The number of aromatic nitrogens is 2. The third kappa shape index (κ3) is 7.32. The molecule has 3 aromatic rings. The molecule has 1 saturated heterocycles. The Hall–Kier alpha value is -3.84. The standard InChI is InChI=1S/C27H27ClN3O10P/c1-17(25(35)38-15-18-7-3-2-4-8-18)30-42(37)41-20-10-6-5-9-19(20)39-16-27(12-13-28)23(34)22(33)24(40-27)31-14-11-21(32)29-26(31)36/h2-14,17,22-24,33-34H,15-16H2,1H3,(H,29,32,36)/t17?,22-,23+,24-,27-/m1/s1. The molecule has 1 fully saturated rings. The van der Waals surface area contributed by atoms with Crippen molar-refractivity contribution in [1.29, 1.82) is 0 Å². The summed E-state index contributed by atoms with van der Waals surface area (Å²) in [5.74, 6) is -0.626. The molecule has 0 aliphatic carbocycles. The molecule has 1 aliphatic rings. The quantitative estimate of drug-likeness (QED) is 0.211. The lowest BCUT2D eigenvalue weighted by Crippen LogP contribution is -2.46. The Morgan fingerprint density at radius 3 is 2.57 bits per heavy atom. The van der Waals surface area contributed by atoms with E-state index in [1.54, 1.807) is 24.3 Å². The summed E-state index contributed by atoms with van der Waals surface area (Å²) < 4.78 is 27.1. The number of carbonyl (C=O) groups excluding carboxylic acids is 1. The first-order valence-corrected chi connectivity index (χ1v) is 14.1. The summed E-state index contributed by atoms with van der Waals surface area (Å²) in [7, 11) is -2.74. The summed E-state index contributed by atoms with van der Waals surface area (Å²) in [6.45, 7) is 1.01. The average molecular weight is 620 g/mol. The molecule has 222 valence electrons. The number of aliphatic hydroxyl groups is 2. The number of nitrogens with one attached hydrogen (secondary N) is 1. The van der Waals surface area contributed by atoms with Crippen molar-refractivity contribution in [3.63, 3.8) is 0 Å². The lowest BCUT2D eigenvalue weighted by molar-refractivity contribution is -0.169. The Kier molecular flexibility index (Phi) is 10.3. The van der Waals surface area contributed by atoms with Crippen LogP contribution in [0, 0.1) is 0 Å². The zero-order valence-corrected chi connectivity index (χ0v) is 23.8. The number of hydrogen-bond acceptors (Lipinski definition) is 11. The molecule has 0 amide bonds. The Labute approximate surface area is 245 Å². The Balaban J connectivity index is 1.45. The molecule has 0 bridgehead atoms. The van der Waals surface area contributed by atoms with Crippen LogP contribution in [0.3, 0.4) is 0 Å². The first kappa shape index (κ1) is 31.1. The summed E-state index contributed by atoms with van der Waals surface area (Å²) in [5, 5.41) is 21.6. The maximum absolute atomic E-state index is 12.6. The second-order valence-corrected chi connectivity index (χ2v) is 10.3. The van der Waals surface area contributed by atoms with Crippen molar-refractivity contribution in [3.8, 4) is 11.5 Å². The highest BCUT2D eigenvalue weighted by molar-refractivity contribution is 7.34. The maximum atomic E-state index is 12.6. The Morgan fingerprint density at radius 2 is 1.88 bits per heavy atom. The van der Waals surface area contributed by atoms with E-state index >= 15 is 0 Å². The summed E-state index contributed by atoms with van der Waals surface area (Å²) >= 11 is 5.80. The van der Waals surface area contributed by atoms with Crippen LogP contribution < -0.4 is 25.4 Å². The van der Waals surface area contributed by atoms with E-state index in [4.69, 9.17) is 30.3 Å². The van der Waals surface area contributed by atoms with Crippen LogP contribution in [0.2, 0.25) is 0 Å². The van der Waals surface area contributed by atoms with Gasteiger partial charge in [0, 0.05) is 17.8 Å². The number of aliphatic hydroxyl groups excluding tert-OH is 2. The highest BCUT2D eigenvalue weighted by Gasteiger charge is 2.54. The van der Waals surface area contributed by atoms with Gasteiger partial charge in [-0.1, -0.05) is 58.8 Å². The lowest BCUT2D eigenvalue weighted by atomic mass is 9.96. The number of carbonyl (C=O) groups is 1. The van der Waals surface area contributed by atoms with Crippen molar-refractivity contribution in [2.75, 3.05) is 6.61 Å². The summed E-state index contributed by atoms with van der Waals surface area (Å²) in [5.41, 5.74) is -1.44. The van der Waals surface area contributed by atoms with Gasteiger partial charge in [0.2, 0.25) is 5.75 Å². The third-order valence-electron chi connectivity index (χ3n) is 6.24. The highest BCUT2D eigenvalue weighted by Crippen LogP contribution is 2.40. The SMILES string of the molecule is CC(/N=[P+](\[O-])Oc1ccccc1OC[C@@]1(C=CCl)O[C@@H](n2ccc(=O)[nH]c2=O)[C@H](O)[C@@H]1O)C(=O)OCc1ccccc1. The van der Waals surface area contributed by atoms with Crippen LogP contribution in [0.25, 0.3) is 0 Å². The van der Waals surface area contributed by atoms with Gasteiger partial charge in [0.05, 0.1) is 0 Å². The van der Waals surface area contributed by atoms with Gasteiger partial charge in [-0.15, -0.1) is 0 Å². The molecule has 13 nitrogen and oxygen atoms in total. The van der Waals surface area contributed by atoms with Crippen molar-refractivity contribution in [1.82, 2.24) is 9.55 Å². The van der Waals surface area contributed by atoms with Crippen molar-refractivity contribution >= 4 is 25.7 Å². The minimum atomic E-state index is -2.74. The molecule has 2 unspecified atom stereocenters. The molecule has 3 N–H and O–H groups in total. The largest absolute Gasteiger partial charge is 0.575 e. The van der Waals surface area contributed by atoms with E-state index in [1.165, 1.54) is 25.1 Å². The topological polar surface area (TPSA) is 185 Å². The smallest absolute Gasteiger partial charge is 0.395 e. The molecule has 0 spiro atoms. The number of halogens is 1. The Morgan fingerprint density at radius 1 is 1.19 bits per heavy atom. The third-order valence-corrected chi connectivity index (χ3v) is 7.25. The zero-order chi connectivity index (χ0) is 30.3. The predicted octanol–water partition coefficient (Wildman–Crippen LogP) is 1.72. The molecule has 1 aliphatic heterocycles. The minimum Gasteiger partial charge on any atom is -0.575 e. The van der Waals surface area contributed by atoms with E-state index in [2.05, 4.69) is 9.73 Å². The summed E-state index contributed by atoms with van der Waals surface area (Å²) in [6.07, 6.45) is -2.29. The van der Waals surface area contributed by atoms with Crippen molar-refractivity contribution in [2.45, 2.75) is 43.6 Å². The van der Waals surface area contributed by atoms with Crippen LogP contribution in [0.4, 0.5) is 0 Å². The number of ether oxygens (including phenoxy) is 3. The van der Waals surface area contributed by atoms with Gasteiger partial charge < -0.3 is 29.3 Å². The molecule has 4 rings (SSSR count). The summed E-state index contributed by atoms with van der Waals surface area (Å²) in [4.78, 5) is 50.7. The second kappa shape index (κ2) is 13.9. The minimum absolute atomic E-state index is 0.00124. The first-order valence-electron chi connectivity index (χ1n) is 12.6. The van der Waals surface area contributed by atoms with Crippen LogP contribution in [-0.2, 0) is 20.9 Å². The molecule has 42 heavy (non-hydrogen) atoms. The molecular weight excluding hydrogens is 593 g/mol. The number of para-hydroxylation sites is 2. The van der Waals surface area contributed by atoms with E-state index < -0.39 is 62.1 Å². The molecule has 1 aromatic heterocycles. The number of benzene rings is 2. The second-order valence-electron chi connectivity index (χ2n) is 9.16. The number of nitrogens with zero attached hydrogens (tertiary/aromatic N) is 2. The normalized spacial score (nSPS) is 23.1. The monoisotopic (exact) mass is 619 g/mol. The fourth-order valence-electron chi connectivity index (χ4n) is 4.05. The van der Waals surface area contributed by atoms with Crippen molar-refractivity contribution in [3.05, 3.63) is 105 Å². The van der Waals surface area contributed by atoms with Gasteiger partial charge in [-0.05, 0) is 30.7 Å². The fraction of sp³-hybridized carbons (Fsp3) is 0.296. The zero-order valence-electron chi connectivity index (χ0n) is 22.1. The lowest BCUT2D eigenvalue weighted by Gasteiger charge is -2.28. The molecular formula is C27H27ClN3O10P. The van der Waals surface area contributed by atoms with Gasteiger partial charge >= 0.3 is 19.8 Å². The van der Waals surface area contributed by atoms with Gasteiger partial charge in [0.25, 0.3) is 5.56 Å². The number of aromatic amines is 1. The van der Waals surface area contributed by atoms with Crippen LogP contribution in [0.5, 0.6) is 11.5 Å². The number of hydrogen-bond donors (Lipinski definition) is 3. The first-order chi connectivity index (χ1) is 20.1. The van der Waals surface area contributed by atoms with Gasteiger partial charge in [-0.25, -0.2) is 9.59 Å². The van der Waals surface area contributed by atoms with Crippen molar-refractivity contribution in [2.24, 2.45) is 4.74 Å². The molecule has 15 heteroatoms. The molecule has 2 heterocycles. The van der Waals surface area contributed by atoms with Gasteiger partial charge in [0.1, 0.15) is 25.4 Å². The van der Waals surface area contributed by atoms with Crippen LogP contribution in [0.1, 0.15) is 18.7 Å². The van der Waals surface area contributed by atoms with Crippen molar-refractivity contribution < 1.29 is 38.6 Å². The van der Waals surface area contributed by atoms with E-state index in [0.717, 1.165) is 27.9 Å². The molecule has 0 radical (unpaired) electrons. The average Bonchev–Trinajstić information content (AvgIpc) is 3.21. The van der Waals surface area contributed by atoms with E-state index in [-0.39, 0.29) is 18.1 Å². The van der Waals surface area contributed by atoms with Crippen LogP contribution in [0.15, 0.2) is 92.8 Å². The van der Waals surface area contributed by atoms with Gasteiger partial charge in [-0.2, -0.15) is 0 Å². The highest BCUT2D eigenvalue weighted by atomic mass is 35.5. The maximum Gasteiger partial charge on any atom is 0.395 e. The van der Waals surface area contributed by atoms with Gasteiger partial charge in [-0.3, -0.25) is 18.9 Å². The van der Waals surface area contributed by atoms with E-state index in [1.807, 2.05) is 18.2 Å². The van der Waals surface area contributed by atoms with Gasteiger partial charge in [0.15, 0.2) is 23.6 Å². The molecule has 6 atom stereocenters. The Bertz CT molecular complexity index is 1560. The number of rotatable bonds is 11. The summed E-state index contributed by atoms with van der Waals surface area (Å²) in [6, 6.07) is 15.1. The number of esters is 1. The fourth-order valence-corrected chi connectivity index (χ4v) is 5.01. The molecule has 0 saturated carbocycles. The molecule has 2 aromatic carbocycles. The van der Waals surface area contributed by atoms with E-state index in [0.29, 0.717) is 0 Å². The number of H-pyrrole nitrogens is 1. The predicted molar refractivity (Wildman–Crippen MR) is 149 cm³/mol. The van der Waals surface area contributed by atoms with Crippen LogP contribution in [-0.4, -0.2) is 56.2 Å². The van der Waals surface area contributed by atoms with Crippen LogP contribution >= 0.6 is 19.8 Å².